The van der Waals surface area contributed by atoms with Crippen LogP contribution in [-0.4, -0.2) is 30.9 Å². The molecule has 0 spiro atoms. The van der Waals surface area contributed by atoms with Gasteiger partial charge in [-0.15, -0.1) is 0 Å². The van der Waals surface area contributed by atoms with E-state index in [1.54, 1.807) is 7.11 Å². The van der Waals surface area contributed by atoms with Crippen molar-refractivity contribution in [3.05, 3.63) is 23.3 Å². The molecule has 5 heteroatoms. The van der Waals surface area contributed by atoms with E-state index in [-0.39, 0.29) is 0 Å². The third-order valence-electron chi connectivity index (χ3n) is 3.16. The summed E-state index contributed by atoms with van der Waals surface area (Å²) in [7, 11) is 1.68. The molecule has 0 saturated carbocycles. The molecule has 0 amide bonds. The molecule has 18 heavy (non-hydrogen) atoms. The highest BCUT2D eigenvalue weighted by molar-refractivity contribution is 6.02. The van der Waals surface area contributed by atoms with Gasteiger partial charge in [-0.05, 0) is 25.7 Å². The molecule has 0 saturated heterocycles. The van der Waals surface area contributed by atoms with Gasteiger partial charge in [0, 0.05) is 20.3 Å². The first-order chi connectivity index (χ1) is 8.77. The summed E-state index contributed by atoms with van der Waals surface area (Å²) in [6, 6.07) is 2.07. The molecule has 0 aromatic rings. The zero-order valence-electron chi connectivity index (χ0n) is 10.6. The molecule has 1 aliphatic heterocycles. The largest absolute Gasteiger partial charge is 0.385 e. The number of aliphatic imine (C=N–C) groups is 1. The van der Waals surface area contributed by atoms with Gasteiger partial charge in [-0.25, -0.2) is 4.99 Å². The molecule has 1 heterocycles. The highest BCUT2D eigenvalue weighted by Gasteiger charge is 2.26. The minimum Gasteiger partial charge on any atom is -0.385 e. The lowest BCUT2D eigenvalue weighted by Gasteiger charge is -2.33. The fourth-order valence-electron chi connectivity index (χ4n) is 2.27. The van der Waals surface area contributed by atoms with Crippen LogP contribution in [0.2, 0.25) is 0 Å². The lowest BCUT2D eigenvalue weighted by molar-refractivity contribution is 0.186. The maximum absolute atomic E-state index is 9.08. The van der Waals surface area contributed by atoms with Crippen molar-refractivity contribution in [2.45, 2.75) is 25.7 Å². The first-order valence-electron chi connectivity index (χ1n) is 6.22. The maximum atomic E-state index is 9.08. The molecule has 2 rings (SSSR count). The summed E-state index contributed by atoms with van der Waals surface area (Å²) in [6.45, 7) is 1.45. The van der Waals surface area contributed by atoms with E-state index in [2.05, 4.69) is 17.1 Å². The fraction of sp³-hybridized carbons (Fsp3) is 0.538. The normalized spacial score (nSPS) is 19.0. The number of nitriles is 1. The lowest BCUT2D eigenvalue weighted by atomic mass is 9.99. The highest BCUT2D eigenvalue weighted by atomic mass is 16.5. The van der Waals surface area contributed by atoms with Crippen LogP contribution in [0.3, 0.4) is 0 Å². The van der Waals surface area contributed by atoms with Crippen LogP contribution in [0, 0.1) is 11.3 Å². The molecule has 0 atom stereocenters. The topological polar surface area (TPSA) is 74.6 Å². The number of hydrogen-bond acceptors (Lipinski definition) is 5. The lowest BCUT2D eigenvalue weighted by Crippen LogP contribution is -2.37. The van der Waals surface area contributed by atoms with Crippen molar-refractivity contribution >= 4 is 5.71 Å². The Morgan fingerprint density at radius 3 is 3.17 bits per heavy atom. The Hall–Kier alpha value is -1.80. The van der Waals surface area contributed by atoms with Crippen molar-refractivity contribution in [1.82, 2.24) is 4.90 Å². The summed E-state index contributed by atoms with van der Waals surface area (Å²) in [5.41, 5.74) is 8.42. The van der Waals surface area contributed by atoms with Crippen LogP contribution in [-0.2, 0) is 4.74 Å². The average Bonchev–Trinajstić information content (AvgIpc) is 2.41. The molecule has 1 aliphatic carbocycles. The molecule has 0 fully saturated rings. The van der Waals surface area contributed by atoms with E-state index in [9.17, 15) is 0 Å². The zero-order valence-corrected chi connectivity index (χ0v) is 10.6. The molecular weight excluding hydrogens is 228 g/mol. The maximum Gasteiger partial charge on any atom is 0.181 e. The molecule has 0 bridgehead atoms. The van der Waals surface area contributed by atoms with Crippen molar-refractivity contribution in [2.24, 2.45) is 10.7 Å². The van der Waals surface area contributed by atoms with E-state index >= 15 is 0 Å². The van der Waals surface area contributed by atoms with Gasteiger partial charge in [0.25, 0.3) is 0 Å². The standard InChI is InChI=1S/C13H18N4O/c1-18-8-4-7-17-12-6-3-2-5-10(12)16-11(9-14)13(17)15/h6H,2-5,7-8,15H2,1H3. The van der Waals surface area contributed by atoms with Crippen molar-refractivity contribution < 1.29 is 4.74 Å². The molecular formula is C13H18N4O. The smallest absolute Gasteiger partial charge is 0.181 e. The van der Waals surface area contributed by atoms with Crippen LogP contribution in [0.15, 0.2) is 28.3 Å². The fourth-order valence-corrected chi connectivity index (χ4v) is 2.27. The predicted octanol–water partition coefficient (Wildman–Crippen LogP) is 1.50. The number of rotatable bonds is 4. The Kier molecular flexibility index (Phi) is 4.00. The van der Waals surface area contributed by atoms with E-state index in [1.807, 2.05) is 4.90 Å². The van der Waals surface area contributed by atoms with Gasteiger partial charge in [0.15, 0.2) is 5.70 Å². The minimum atomic E-state index is 0.335. The van der Waals surface area contributed by atoms with Crippen molar-refractivity contribution in [3.63, 3.8) is 0 Å². The second-order valence-electron chi connectivity index (χ2n) is 4.38. The number of nitrogens with zero attached hydrogens (tertiary/aromatic N) is 3. The minimum absolute atomic E-state index is 0.335. The van der Waals surface area contributed by atoms with Crippen LogP contribution >= 0.6 is 0 Å². The van der Waals surface area contributed by atoms with Crippen LogP contribution in [0.25, 0.3) is 0 Å². The number of hydrogen-bond donors (Lipinski definition) is 1. The van der Waals surface area contributed by atoms with Gasteiger partial charge in [-0.1, -0.05) is 6.08 Å². The van der Waals surface area contributed by atoms with Gasteiger partial charge in [0.2, 0.25) is 0 Å². The first kappa shape index (κ1) is 12.7. The molecule has 0 radical (unpaired) electrons. The SMILES string of the molecule is COCCCN1C2=CCCCC2=NC(C#N)=C1N. The van der Waals surface area contributed by atoms with Gasteiger partial charge < -0.3 is 15.4 Å². The molecule has 96 valence electrons. The second-order valence-corrected chi connectivity index (χ2v) is 4.38. The number of fused-ring (bicyclic) bond motifs is 1. The molecule has 2 aliphatic rings. The molecule has 2 N–H and O–H groups in total. The van der Waals surface area contributed by atoms with E-state index in [4.69, 9.17) is 15.7 Å². The van der Waals surface area contributed by atoms with Gasteiger partial charge in [0.1, 0.15) is 11.9 Å². The Morgan fingerprint density at radius 1 is 1.61 bits per heavy atom. The van der Waals surface area contributed by atoms with Gasteiger partial charge in [-0.2, -0.15) is 5.26 Å². The van der Waals surface area contributed by atoms with Crippen LogP contribution in [0.5, 0.6) is 0 Å². The number of allylic oxidation sites excluding steroid dienone is 3. The summed E-state index contributed by atoms with van der Waals surface area (Å²) in [5.74, 6) is 0.463. The number of methoxy groups -OCH3 is 1. The average molecular weight is 246 g/mol. The number of nitrogens with two attached hydrogens (primary N) is 1. The summed E-state index contributed by atoms with van der Waals surface area (Å²) < 4.78 is 5.06. The van der Waals surface area contributed by atoms with Crippen molar-refractivity contribution in [3.8, 4) is 6.07 Å². The second kappa shape index (κ2) is 5.69. The van der Waals surface area contributed by atoms with Gasteiger partial charge in [-0.3, -0.25) is 0 Å². The highest BCUT2D eigenvalue weighted by Crippen LogP contribution is 2.27. The molecule has 0 aromatic heterocycles. The molecule has 5 nitrogen and oxygen atoms in total. The predicted molar refractivity (Wildman–Crippen MR) is 69.4 cm³/mol. The molecule has 0 aromatic carbocycles. The Morgan fingerprint density at radius 2 is 2.44 bits per heavy atom. The first-order valence-corrected chi connectivity index (χ1v) is 6.22. The Balaban J connectivity index is 2.24. The van der Waals surface area contributed by atoms with Crippen LogP contribution < -0.4 is 5.73 Å². The Bertz CT molecular complexity index is 456. The van der Waals surface area contributed by atoms with E-state index < -0.39 is 0 Å². The summed E-state index contributed by atoms with van der Waals surface area (Å²) >= 11 is 0. The summed E-state index contributed by atoms with van der Waals surface area (Å²) in [6.07, 6.45) is 6.10. The molecule has 0 unspecified atom stereocenters. The quantitative estimate of drug-likeness (QED) is 0.763. The van der Waals surface area contributed by atoms with E-state index in [0.29, 0.717) is 18.1 Å². The number of ether oxygens (including phenoxy) is 1. The van der Waals surface area contributed by atoms with Crippen molar-refractivity contribution in [1.29, 1.82) is 5.26 Å². The van der Waals surface area contributed by atoms with Gasteiger partial charge in [0.05, 0.1) is 11.4 Å². The Labute approximate surface area is 107 Å². The van der Waals surface area contributed by atoms with E-state index in [1.165, 1.54) is 0 Å². The van der Waals surface area contributed by atoms with Crippen LogP contribution in [0.1, 0.15) is 25.7 Å². The zero-order chi connectivity index (χ0) is 13.0. The third kappa shape index (κ3) is 2.39. The summed E-state index contributed by atoms with van der Waals surface area (Å²) in [5, 5.41) is 9.08. The van der Waals surface area contributed by atoms with E-state index in [0.717, 1.165) is 43.6 Å². The van der Waals surface area contributed by atoms with Crippen LogP contribution in [0.4, 0.5) is 0 Å². The van der Waals surface area contributed by atoms with Crippen molar-refractivity contribution in [2.75, 3.05) is 20.3 Å². The third-order valence-corrected chi connectivity index (χ3v) is 3.16. The summed E-state index contributed by atoms with van der Waals surface area (Å²) in [4.78, 5) is 6.35. The monoisotopic (exact) mass is 246 g/mol. The van der Waals surface area contributed by atoms with Gasteiger partial charge >= 0.3 is 0 Å².